The fraction of sp³-hybridized carbons (Fsp3) is 0.542. The third kappa shape index (κ3) is 8.03. The Bertz CT molecular complexity index is 616. The topological polar surface area (TPSA) is 36.4 Å². The molecule has 1 aliphatic rings. The quantitative estimate of drug-likeness (QED) is 0.206. The summed E-state index contributed by atoms with van der Waals surface area (Å²) in [6, 6.07) is 0. The van der Waals surface area contributed by atoms with Crippen molar-refractivity contribution in [3.05, 3.63) is 59.6 Å². The van der Waals surface area contributed by atoms with Gasteiger partial charge in [0.15, 0.2) is 0 Å². The number of nitrogens with zero attached hydrogens (tertiary/aromatic N) is 1. The predicted octanol–water partition coefficient (Wildman–Crippen LogP) is 6.25. The van der Waals surface area contributed by atoms with Gasteiger partial charge >= 0.3 is 0 Å². The normalized spacial score (nSPS) is 17.4. The minimum absolute atomic E-state index is 0.304. The van der Waals surface area contributed by atoms with E-state index in [1.165, 1.54) is 23.3 Å². The lowest BCUT2D eigenvalue weighted by Gasteiger charge is -2.23. The lowest BCUT2D eigenvalue weighted by atomic mass is 9.87. The highest BCUT2D eigenvalue weighted by Gasteiger charge is 2.20. The number of nitrogens with one attached hydrogen (secondary N) is 2. The zero-order valence-electron chi connectivity index (χ0n) is 18.2. The van der Waals surface area contributed by atoms with Crippen LogP contribution >= 0.6 is 0 Å². The Labute approximate surface area is 167 Å². The molecule has 0 aliphatic heterocycles. The van der Waals surface area contributed by atoms with Gasteiger partial charge in [0.2, 0.25) is 0 Å². The van der Waals surface area contributed by atoms with Crippen molar-refractivity contribution in [2.75, 3.05) is 6.54 Å². The van der Waals surface area contributed by atoms with E-state index in [2.05, 4.69) is 74.5 Å². The fourth-order valence-corrected chi connectivity index (χ4v) is 3.36. The average Bonchev–Trinajstić information content (AvgIpc) is 2.68. The Morgan fingerprint density at radius 3 is 2.59 bits per heavy atom. The van der Waals surface area contributed by atoms with E-state index in [4.69, 9.17) is 0 Å². The Morgan fingerprint density at radius 1 is 1.22 bits per heavy atom. The molecule has 0 saturated carbocycles. The molecular weight excluding hydrogens is 330 g/mol. The highest BCUT2D eigenvalue weighted by Crippen LogP contribution is 2.22. The first-order valence-electron chi connectivity index (χ1n) is 10.4. The molecule has 0 bridgehead atoms. The van der Waals surface area contributed by atoms with Gasteiger partial charge in [-0.05, 0) is 64.1 Å². The van der Waals surface area contributed by atoms with E-state index >= 15 is 0 Å². The van der Waals surface area contributed by atoms with Crippen LogP contribution < -0.4 is 10.6 Å². The zero-order chi connectivity index (χ0) is 20.1. The van der Waals surface area contributed by atoms with E-state index in [1.54, 1.807) is 0 Å². The summed E-state index contributed by atoms with van der Waals surface area (Å²) < 4.78 is 0. The van der Waals surface area contributed by atoms with Gasteiger partial charge in [0.05, 0.1) is 0 Å². The van der Waals surface area contributed by atoms with Crippen LogP contribution in [-0.2, 0) is 0 Å². The van der Waals surface area contributed by atoms with Crippen molar-refractivity contribution < 1.29 is 0 Å². The van der Waals surface area contributed by atoms with Gasteiger partial charge in [-0.3, -0.25) is 0 Å². The monoisotopic (exact) mass is 369 g/mol. The molecule has 0 heterocycles. The van der Waals surface area contributed by atoms with Crippen molar-refractivity contribution in [2.45, 2.75) is 67.2 Å². The molecule has 1 aliphatic carbocycles. The van der Waals surface area contributed by atoms with Crippen LogP contribution in [0, 0.1) is 11.8 Å². The van der Waals surface area contributed by atoms with Crippen LogP contribution in [0.3, 0.4) is 0 Å². The summed E-state index contributed by atoms with van der Waals surface area (Å²) in [4.78, 5) is 4.65. The molecule has 0 aromatic carbocycles. The van der Waals surface area contributed by atoms with Crippen LogP contribution in [0.5, 0.6) is 0 Å². The molecule has 1 unspecified atom stereocenters. The van der Waals surface area contributed by atoms with Crippen LogP contribution in [0.2, 0.25) is 0 Å². The van der Waals surface area contributed by atoms with E-state index < -0.39 is 0 Å². The molecule has 1 rings (SSSR count). The minimum Gasteiger partial charge on any atom is -0.385 e. The zero-order valence-corrected chi connectivity index (χ0v) is 18.2. The molecule has 0 aromatic heterocycles. The lowest BCUT2D eigenvalue weighted by Crippen LogP contribution is -2.31. The summed E-state index contributed by atoms with van der Waals surface area (Å²) in [7, 11) is 0. The first-order chi connectivity index (χ1) is 13.0. The second-order valence-corrected chi connectivity index (χ2v) is 7.29. The van der Waals surface area contributed by atoms with Gasteiger partial charge in [0.25, 0.3) is 0 Å². The van der Waals surface area contributed by atoms with Crippen LogP contribution in [0.4, 0.5) is 0 Å². The number of amidine groups is 1. The maximum Gasteiger partial charge on any atom is 0.113 e. The Kier molecular flexibility index (Phi) is 11.2. The fourth-order valence-electron chi connectivity index (χ4n) is 3.36. The molecule has 27 heavy (non-hydrogen) atoms. The molecule has 0 spiro atoms. The summed E-state index contributed by atoms with van der Waals surface area (Å²) in [6.45, 7) is 13.9. The molecule has 1 atom stereocenters. The average molecular weight is 370 g/mol. The number of rotatable bonds is 10. The van der Waals surface area contributed by atoms with Gasteiger partial charge in [-0.15, -0.1) is 0 Å². The second kappa shape index (κ2) is 13.2. The molecule has 0 amide bonds. The summed E-state index contributed by atoms with van der Waals surface area (Å²) >= 11 is 0. The summed E-state index contributed by atoms with van der Waals surface area (Å²) in [6.07, 6.45) is 19.3. The smallest absolute Gasteiger partial charge is 0.113 e. The van der Waals surface area contributed by atoms with Gasteiger partial charge < -0.3 is 10.6 Å². The van der Waals surface area contributed by atoms with E-state index in [0.717, 1.165) is 31.6 Å². The van der Waals surface area contributed by atoms with Crippen molar-refractivity contribution in [1.29, 1.82) is 0 Å². The Morgan fingerprint density at radius 2 is 1.96 bits per heavy atom. The van der Waals surface area contributed by atoms with Crippen LogP contribution in [0.15, 0.2) is 64.6 Å². The molecular formula is C24H39N3. The van der Waals surface area contributed by atoms with Crippen molar-refractivity contribution in [3.8, 4) is 0 Å². The van der Waals surface area contributed by atoms with Gasteiger partial charge in [-0.1, -0.05) is 56.7 Å². The van der Waals surface area contributed by atoms with E-state index in [-0.39, 0.29) is 0 Å². The molecule has 0 aromatic rings. The molecule has 0 saturated heterocycles. The molecule has 0 radical (unpaired) electrons. The summed E-state index contributed by atoms with van der Waals surface area (Å²) in [5.41, 5.74) is 4.12. The van der Waals surface area contributed by atoms with Crippen LogP contribution in [0.25, 0.3) is 0 Å². The number of hydrogen-bond donors (Lipinski definition) is 2. The number of allylic oxidation sites excluding steroid dienone is 5. The Hall–Kier alpha value is -2.03. The molecule has 0 fully saturated rings. The van der Waals surface area contributed by atoms with E-state index in [1.807, 2.05) is 25.4 Å². The minimum atomic E-state index is 0.304. The highest BCUT2D eigenvalue weighted by atomic mass is 15.0. The third-order valence-corrected chi connectivity index (χ3v) is 4.88. The number of aliphatic imine (C=N–C) groups is 1. The number of hydrogen-bond acceptors (Lipinski definition) is 2. The van der Waals surface area contributed by atoms with E-state index in [9.17, 15) is 0 Å². The highest BCUT2D eigenvalue weighted by molar-refractivity contribution is 5.88. The molecule has 2 N–H and O–H groups in total. The molecule has 150 valence electrons. The van der Waals surface area contributed by atoms with Gasteiger partial charge in [0.1, 0.15) is 5.84 Å². The first-order valence-corrected chi connectivity index (χ1v) is 10.4. The standard InChI is InChI=1S/C24H39N3/c1-7-16-26-24(23(19(4)5)20(6)8-2)27-18-13-12-17-25-22-15-11-10-14-21(22)9-3/h7-8,13-16,18-19,23,25H,9-12,17H2,1-6H3,(H,26,27)/b16-7+,18-13+,20-8-. The van der Waals surface area contributed by atoms with Gasteiger partial charge in [-0.2, -0.15) is 0 Å². The largest absolute Gasteiger partial charge is 0.385 e. The van der Waals surface area contributed by atoms with Crippen molar-refractivity contribution in [3.63, 3.8) is 0 Å². The molecule has 3 nitrogen and oxygen atoms in total. The van der Waals surface area contributed by atoms with Crippen molar-refractivity contribution in [1.82, 2.24) is 10.6 Å². The Balaban J connectivity index is 2.60. The predicted molar refractivity (Wildman–Crippen MR) is 121 cm³/mol. The maximum atomic E-state index is 4.65. The molecule has 3 heteroatoms. The van der Waals surface area contributed by atoms with Crippen molar-refractivity contribution in [2.24, 2.45) is 16.8 Å². The maximum absolute atomic E-state index is 4.65. The third-order valence-electron chi connectivity index (χ3n) is 4.88. The van der Waals surface area contributed by atoms with E-state index in [0.29, 0.717) is 11.8 Å². The first kappa shape index (κ1) is 23.0. The summed E-state index contributed by atoms with van der Waals surface area (Å²) in [5.74, 6) is 1.80. The second-order valence-electron chi connectivity index (χ2n) is 7.29. The van der Waals surface area contributed by atoms with Crippen LogP contribution in [0.1, 0.15) is 67.2 Å². The SMILES string of the molecule is C/C=C(/C)C(C(=N/C=C/C)N/C=C/CCNC1=CCCC=C1CC)C(C)C. The lowest BCUT2D eigenvalue weighted by molar-refractivity contribution is 0.544. The van der Waals surface area contributed by atoms with Crippen molar-refractivity contribution >= 4 is 5.84 Å². The van der Waals surface area contributed by atoms with Crippen LogP contribution in [-0.4, -0.2) is 12.4 Å². The van der Waals surface area contributed by atoms with Gasteiger partial charge in [-0.25, -0.2) is 4.99 Å². The summed E-state index contributed by atoms with van der Waals surface area (Å²) in [5, 5.41) is 7.01. The van der Waals surface area contributed by atoms with Gasteiger partial charge in [0, 0.05) is 24.4 Å².